The smallest absolute Gasteiger partial charge is 0.274 e. The van der Waals surface area contributed by atoms with Gasteiger partial charge in [-0.05, 0) is 37.6 Å². The lowest BCUT2D eigenvalue weighted by Gasteiger charge is -2.11. The Morgan fingerprint density at radius 3 is 2.18 bits per heavy atom. The first-order valence-electron chi connectivity index (χ1n) is 11.3. The highest BCUT2D eigenvalue weighted by Crippen LogP contribution is 2.33. The van der Waals surface area contributed by atoms with Gasteiger partial charge in [0.25, 0.3) is 5.56 Å². The van der Waals surface area contributed by atoms with Crippen molar-refractivity contribution in [3.05, 3.63) is 99.3 Å². The molecule has 0 atom stereocenters. The van der Waals surface area contributed by atoms with Gasteiger partial charge in [0, 0.05) is 11.1 Å². The lowest BCUT2D eigenvalue weighted by atomic mass is 10.1. The van der Waals surface area contributed by atoms with Gasteiger partial charge in [-0.15, -0.1) is 0 Å². The minimum atomic E-state index is -0.0830. The van der Waals surface area contributed by atoms with Gasteiger partial charge in [0.15, 0.2) is 16.5 Å². The van der Waals surface area contributed by atoms with Gasteiger partial charge in [-0.3, -0.25) is 4.79 Å². The number of aromatic nitrogens is 2. The summed E-state index contributed by atoms with van der Waals surface area (Å²) in [6.07, 6.45) is 1.89. The van der Waals surface area contributed by atoms with Crippen LogP contribution in [0.15, 0.2) is 83.7 Å². The molecule has 5 rings (SSSR count). The molecule has 0 N–H and O–H groups in total. The second-order valence-electron chi connectivity index (χ2n) is 7.65. The SMILES string of the molecule is CCOc1ccc(/C=c2\sc3nc(-c4ccccc4)c(-c4ccccc4)n3c2=O)cc1OCC. The van der Waals surface area contributed by atoms with Crippen LogP contribution in [0.4, 0.5) is 0 Å². The van der Waals surface area contributed by atoms with Gasteiger partial charge in [0.2, 0.25) is 0 Å². The Morgan fingerprint density at radius 1 is 0.853 bits per heavy atom. The average molecular weight is 469 g/mol. The highest BCUT2D eigenvalue weighted by atomic mass is 32.1. The van der Waals surface area contributed by atoms with Crippen LogP contribution in [0.3, 0.4) is 0 Å². The molecular formula is C28H24N2O3S. The molecule has 0 saturated heterocycles. The summed E-state index contributed by atoms with van der Waals surface area (Å²) >= 11 is 1.39. The molecule has 2 aromatic heterocycles. The number of nitrogens with zero attached hydrogens (tertiary/aromatic N) is 2. The zero-order valence-corrected chi connectivity index (χ0v) is 19.8. The maximum absolute atomic E-state index is 13.6. The van der Waals surface area contributed by atoms with Crippen LogP contribution in [0, 0.1) is 0 Å². The zero-order chi connectivity index (χ0) is 23.5. The van der Waals surface area contributed by atoms with Crippen molar-refractivity contribution in [2.45, 2.75) is 13.8 Å². The van der Waals surface area contributed by atoms with Gasteiger partial charge in [0.1, 0.15) is 0 Å². The fourth-order valence-electron chi connectivity index (χ4n) is 3.97. The summed E-state index contributed by atoms with van der Waals surface area (Å²) in [7, 11) is 0. The van der Waals surface area contributed by atoms with E-state index in [9.17, 15) is 4.79 Å². The summed E-state index contributed by atoms with van der Waals surface area (Å²) in [5.41, 5.74) is 4.34. The van der Waals surface area contributed by atoms with Gasteiger partial charge >= 0.3 is 0 Å². The fourth-order valence-corrected chi connectivity index (χ4v) is 4.94. The van der Waals surface area contributed by atoms with Crippen molar-refractivity contribution in [3.63, 3.8) is 0 Å². The minimum Gasteiger partial charge on any atom is -0.490 e. The summed E-state index contributed by atoms with van der Waals surface area (Å²) < 4.78 is 13.8. The van der Waals surface area contributed by atoms with E-state index in [1.165, 1.54) is 11.3 Å². The Morgan fingerprint density at radius 2 is 1.50 bits per heavy atom. The molecule has 0 radical (unpaired) electrons. The topological polar surface area (TPSA) is 52.8 Å². The number of hydrogen-bond acceptors (Lipinski definition) is 5. The number of rotatable bonds is 7. The van der Waals surface area contributed by atoms with Crippen molar-refractivity contribution in [1.82, 2.24) is 9.38 Å². The normalized spacial score (nSPS) is 11.8. The third kappa shape index (κ3) is 4.08. The van der Waals surface area contributed by atoms with Crippen molar-refractivity contribution in [1.29, 1.82) is 0 Å². The zero-order valence-electron chi connectivity index (χ0n) is 19.0. The molecule has 0 aliphatic carbocycles. The van der Waals surface area contributed by atoms with Crippen LogP contribution in [-0.4, -0.2) is 22.6 Å². The number of ether oxygens (including phenoxy) is 2. The molecule has 0 aliphatic rings. The molecule has 5 nitrogen and oxygen atoms in total. The van der Waals surface area contributed by atoms with Crippen molar-refractivity contribution < 1.29 is 9.47 Å². The van der Waals surface area contributed by atoms with Crippen molar-refractivity contribution >= 4 is 22.4 Å². The van der Waals surface area contributed by atoms with Gasteiger partial charge in [0.05, 0.1) is 29.1 Å². The van der Waals surface area contributed by atoms with Crippen LogP contribution in [0.25, 0.3) is 33.6 Å². The maximum Gasteiger partial charge on any atom is 0.274 e. The highest BCUT2D eigenvalue weighted by Gasteiger charge is 2.20. The Bertz CT molecular complexity index is 1540. The van der Waals surface area contributed by atoms with Gasteiger partial charge in [-0.2, -0.15) is 0 Å². The van der Waals surface area contributed by atoms with Crippen molar-refractivity contribution in [3.8, 4) is 34.0 Å². The molecule has 0 unspecified atom stereocenters. The Hall–Kier alpha value is -3.90. The van der Waals surface area contributed by atoms with Crippen LogP contribution in [0.5, 0.6) is 11.5 Å². The summed E-state index contributed by atoms with van der Waals surface area (Å²) in [5, 5.41) is 0. The summed E-state index contributed by atoms with van der Waals surface area (Å²) in [4.78, 5) is 19.2. The number of imidazole rings is 1. The monoisotopic (exact) mass is 468 g/mol. The van der Waals surface area contributed by atoms with Crippen LogP contribution in [0.1, 0.15) is 19.4 Å². The Balaban J connectivity index is 1.69. The third-order valence-corrected chi connectivity index (χ3v) is 6.39. The fraction of sp³-hybridized carbons (Fsp3) is 0.143. The predicted molar refractivity (Wildman–Crippen MR) is 138 cm³/mol. The largest absolute Gasteiger partial charge is 0.490 e. The minimum absolute atomic E-state index is 0.0830. The van der Waals surface area contributed by atoms with Gasteiger partial charge in [-0.1, -0.05) is 78.1 Å². The maximum atomic E-state index is 13.6. The molecule has 170 valence electrons. The number of fused-ring (bicyclic) bond motifs is 1. The van der Waals surface area contributed by atoms with E-state index in [1.54, 1.807) is 4.40 Å². The number of benzene rings is 3. The molecule has 5 aromatic rings. The standard InChI is InChI=1S/C28H24N2O3S/c1-3-32-22-16-15-19(17-23(22)33-4-2)18-24-27(31)30-26(21-13-9-6-10-14-21)25(29-28(30)34-24)20-11-7-5-8-12-20/h5-18H,3-4H2,1-2H3/b24-18-. The third-order valence-electron chi connectivity index (χ3n) is 5.42. The first kappa shape index (κ1) is 21.9. The van der Waals surface area contributed by atoms with Crippen LogP contribution >= 0.6 is 11.3 Å². The molecule has 2 heterocycles. The summed E-state index contributed by atoms with van der Waals surface area (Å²) in [6, 6.07) is 25.6. The lowest BCUT2D eigenvalue weighted by Crippen LogP contribution is -2.23. The van der Waals surface area contributed by atoms with E-state index in [0.717, 1.165) is 28.1 Å². The van der Waals surface area contributed by atoms with Crippen molar-refractivity contribution in [2.24, 2.45) is 0 Å². The lowest BCUT2D eigenvalue weighted by molar-refractivity contribution is 0.287. The summed E-state index contributed by atoms with van der Waals surface area (Å²) in [6.45, 7) is 4.97. The molecule has 0 fully saturated rings. The van der Waals surface area contributed by atoms with E-state index in [0.29, 0.717) is 34.2 Å². The number of hydrogen-bond donors (Lipinski definition) is 0. The summed E-state index contributed by atoms with van der Waals surface area (Å²) in [5.74, 6) is 1.37. The molecule has 0 bridgehead atoms. The predicted octanol–water partition coefficient (Wildman–Crippen LogP) is 5.44. The van der Waals surface area contributed by atoms with Gasteiger partial charge in [-0.25, -0.2) is 9.38 Å². The first-order valence-corrected chi connectivity index (χ1v) is 12.1. The molecule has 3 aromatic carbocycles. The second kappa shape index (κ2) is 9.53. The van der Waals surface area contributed by atoms with E-state index in [1.807, 2.05) is 98.8 Å². The highest BCUT2D eigenvalue weighted by molar-refractivity contribution is 7.15. The van der Waals surface area contributed by atoms with E-state index >= 15 is 0 Å². The Kier molecular flexibility index (Phi) is 6.14. The molecule has 0 spiro atoms. The molecule has 0 saturated carbocycles. The molecule has 6 heteroatoms. The van der Waals surface area contributed by atoms with E-state index in [4.69, 9.17) is 14.5 Å². The molecule has 0 aliphatic heterocycles. The Labute approximate surface area is 201 Å². The quantitative estimate of drug-likeness (QED) is 0.319. The van der Waals surface area contributed by atoms with Crippen molar-refractivity contribution in [2.75, 3.05) is 13.2 Å². The first-order chi connectivity index (χ1) is 16.7. The second-order valence-corrected chi connectivity index (χ2v) is 8.66. The van der Waals surface area contributed by atoms with Crippen LogP contribution < -0.4 is 19.6 Å². The van der Waals surface area contributed by atoms with E-state index < -0.39 is 0 Å². The van der Waals surface area contributed by atoms with Crippen LogP contribution in [0.2, 0.25) is 0 Å². The molecule has 0 amide bonds. The van der Waals surface area contributed by atoms with E-state index in [2.05, 4.69) is 0 Å². The van der Waals surface area contributed by atoms with Crippen LogP contribution in [-0.2, 0) is 0 Å². The average Bonchev–Trinajstić information content (AvgIpc) is 3.38. The number of thiazole rings is 1. The molecular weight excluding hydrogens is 444 g/mol. The van der Waals surface area contributed by atoms with Gasteiger partial charge < -0.3 is 9.47 Å². The van der Waals surface area contributed by atoms with E-state index in [-0.39, 0.29) is 5.56 Å². The molecule has 34 heavy (non-hydrogen) atoms.